The van der Waals surface area contributed by atoms with Crippen LogP contribution in [0.2, 0.25) is 0 Å². The Labute approximate surface area is 147 Å². The van der Waals surface area contributed by atoms with Gasteiger partial charge in [-0.1, -0.05) is 19.3 Å². The normalized spacial score (nSPS) is 14.7. The van der Waals surface area contributed by atoms with Crippen LogP contribution in [-0.4, -0.2) is 27.8 Å². The van der Waals surface area contributed by atoms with Gasteiger partial charge < -0.3 is 10.6 Å². The molecule has 25 heavy (non-hydrogen) atoms. The minimum atomic E-state index is -0.253. The van der Waals surface area contributed by atoms with Crippen LogP contribution in [0.15, 0.2) is 43.0 Å². The summed E-state index contributed by atoms with van der Waals surface area (Å²) in [5, 5.41) is 5.87. The summed E-state index contributed by atoms with van der Waals surface area (Å²) in [5.41, 5.74) is 1.76. The summed E-state index contributed by atoms with van der Waals surface area (Å²) in [7, 11) is 0. The van der Waals surface area contributed by atoms with Gasteiger partial charge in [-0.3, -0.25) is 19.6 Å². The molecule has 130 valence electrons. The lowest BCUT2D eigenvalue weighted by Gasteiger charge is -2.22. The molecule has 6 heteroatoms. The summed E-state index contributed by atoms with van der Waals surface area (Å²) in [5.74, 6) is -0.417. The number of rotatable bonds is 5. The summed E-state index contributed by atoms with van der Waals surface area (Å²) in [6.07, 6.45) is 11.9. The van der Waals surface area contributed by atoms with Crippen molar-refractivity contribution in [2.45, 2.75) is 44.7 Å². The first-order valence-electron chi connectivity index (χ1n) is 8.65. The third-order valence-corrected chi connectivity index (χ3v) is 4.41. The maximum absolute atomic E-state index is 12.4. The number of nitrogens with one attached hydrogen (secondary N) is 2. The Bertz CT molecular complexity index is 727. The molecule has 0 saturated heterocycles. The van der Waals surface area contributed by atoms with E-state index in [1.807, 2.05) is 12.1 Å². The third-order valence-electron chi connectivity index (χ3n) is 4.41. The number of aromatic nitrogens is 2. The highest BCUT2D eigenvalue weighted by atomic mass is 16.2. The maximum Gasteiger partial charge on any atom is 0.253 e. The van der Waals surface area contributed by atoms with Gasteiger partial charge in [0.25, 0.3) is 11.8 Å². The molecule has 0 bridgehead atoms. The second-order valence-electron chi connectivity index (χ2n) is 6.31. The van der Waals surface area contributed by atoms with E-state index in [1.165, 1.54) is 18.8 Å². The summed E-state index contributed by atoms with van der Waals surface area (Å²) >= 11 is 0. The van der Waals surface area contributed by atoms with E-state index in [0.717, 1.165) is 31.2 Å². The lowest BCUT2D eigenvalue weighted by atomic mass is 9.95. The van der Waals surface area contributed by atoms with Crippen molar-refractivity contribution in [3.8, 4) is 0 Å². The minimum absolute atomic E-state index is 0.164. The lowest BCUT2D eigenvalue weighted by molar-refractivity contribution is 0.0927. The number of hydrogen-bond donors (Lipinski definition) is 2. The van der Waals surface area contributed by atoms with E-state index in [1.54, 1.807) is 18.5 Å². The molecule has 2 amide bonds. The van der Waals surface area contributed by atoms with Crippen molar-refractivity contribution in [3.05, 3.63) is 59.7 Å². The number of nitrogens with zero attached hydrogens (tertiary/aromatic N) is 2. The van der Waals surface area contributed by atoms with Crippen LogP contribution in [0.25, 0.3) is 0 Å². The van der Waals surface area contributed by atoms with Gasteiger partial charge in [-0.25, -0.2) is 0 Å². The zero-order valence-corrected chi connectivity index (χ0v) is 14.1. The molecule has 1 aliphatic rings. The molecule has 6 nitrogen and oxygen atoms in total. The number of carbonyl (C=O) groups excluding carboxylic acids is 2. The average molecular weight is 338 g/mol. The lowest BCUT2D eigenvalue weighted by Crippen LogP contribution is -2.36. The minimum Gasteiger partial charge on any atom is -0.349 e. The molecule has 0 radical (unpaired) electrons. The standard InChI is InChI=1S/C19H22N4O2/c24-18(22-11-14-6-8-20-9-7-14)15-10-16(13-21-12-15)19(25)23-17-4-2-1-3-5-17/h6-10,12-13,17H,1-5,11H2,(H,22,24)(H,23,25). The van der Waals surface area contributed by atoms with Crippen molar-refractivity contribution in [3.63, 3.8) is 0 Å². The van der Waals surface area contributed by atoms with Crippen LogP contribution < -0.4 is 10.6 Å². The molecule has 0 atom stereocenters. The molecular weight excluding hydrogens is 316 g/mol. The van der Waals surface area contributed by atoms with Crippen LogP contribution in [0.3, 0.4) is 0 Å². The van der Waals surface area contributed by atoms with Crippen LogP contribution in [0.5, 0.6) is 0 Å². The Kier molecular flexibility index (Phi) is 5.72. The van der Waals surface area contributed by atoms with E-state index in [-0.39, 0.29) is 17.9 Å². The first-order chi connectivity index (χ1) is 12.2. The number of carbonyl (C=O) groups is 2. The summed E-state index contributed by atoms with van der Waals surface area (Å²) in [6.45, 7) is 0.403. The molecule has 2 aromatic heterocycles. The molecule has 0 aromatic carbocycles. The number of pyridine rings is 2. The van der Waals surface area contributed by atoms with Gasteiger partial charge in [0.15, 0.2) is 0 Å². The highest BCUT2D eigenvalue weighted by Gasteiger charge is 2.17. The predicted molar refractivity (Wildman–Crippen MR) is 94.0 cm³/mol. The van der Waals surface area contributed by atoms with Crippen molar-refractivity contribution < 1.29 is 9.59 Å². The monoisotopic (exact) mass is 338 g/mol. The van der Waals surface area contributed by atoms with Crippen LogP contribution in [-0.2, 0) is 6.54 Å². The second-order valence-corrected chi connectivity index (χ2v) is 6.31. The van der Waals surface area contributed by atoms with E-state index in [9.17, 15) is 9.59 Å². The first-order valence-corrected chi connectivity index (χ1v) is 8.65. The second kappa shape index (κ2) is 8.37. The van der Waals surface area contributed by atoms with Gasteiger partial charge in [-0.05, 0) is 36.6 Å². The van der Waals surface area contributed by atoms with Gasteiger partial charge in [0.2, 0.25) is 0 Å². The molecule has 3 rings (SSSR count). The fourth-order valence-corrected chi connectivity index (χ4v) is 2.99. The Morgan fingerprint density at radius 2 is 1.64 bits per heavy atom. The first kappa shape index (κ1) is 17.1. The Hall–Kier alpha value is -2.76. The Morgan fingerprint density at radius 1 is 0.960 bits per heavy atom. The molecule has 2 N–H and O–H groups in total. The summed E-state index contributed by atoms with van der Waals surface area (Å²) in [6, 6.07) is 5.50. The smallest absolute Gasteiger partial charge is 0.253 e. The quantitative estimate of drug-likeness (QED) is 0.877. The van der Waals surface area contributed by atoms with Crippen molar-refractivity contribution in [1.82, 2.24) is 20.6 Å². The highest BCUT2D eigenvalue weighted by molar-refractivity contribution is 5.99. The summed E-state index contributed by atoms with van der Waals surface area (Å²) in [4.78, 5) is 32.6. The predicted octanol–water partition coefficient (Wildman–Crippen LogP) is 2.47. The maximum atomic E-state index is 12.4. The van der Waals surface area contributed by atoms with Crippen LogP contribution in [0, 0.1) is 0 Å². The van der Waals surface area contributed by atoms with Gasteiger partial charge >= 0.3 is 0 Å². The molecule has 0 unspecified atom stereocenters. The van der Waals surface area contributed by atoms with Crippen molar-refractivity contribution in [1.29, 1.82) is 0 Å². The van der Waals surface area contributed by atoms with Crippen LogP contribution in [0.4, 0.5) is 0 Å². The van der Waals surface area contributed by atoms with Crippen molar-refractivity contribution in [2.24, 2.45) is 0 Å². The van der Waals surface area contributed by atoms with Gasteiger partial charge in [0.1, 0.15) is 0 Å². The molecule has 2 heterocycles. The zero-order chi connectivity index (χ0) is 17.5. The highest BCUT2D eigenvalue weighted by Crippen LogP contribution is 2.18. The van der Waals surface area contributed by atoms with E-state index >= 15 is 0 Å². The van der Waals surface area contributed by atoms with E-state index in [4.69, 9.17) is 0 Å². The van der Waals surface area contributed by atoms with Crippen molar-refractivity contribution in [2.75, 3.05) is 0 Å². The molecule has 1 saturated carbocycles. The Balaban J connectivity index is 1.60. The molecule has 0 aliphatic heterocycles. The van der Waals surface area contributed by atoms with E-state index in [2.05, 4.69) is 20.6 Å². The molecule has 1 aliphatic carbocycles. The number of hydrogen-bond acceptors (Lipinski definition) is 4. The van der Waals surface area contributed by atoms with Gasteiger partial charge in [0, 0.05) is 37.4 Å². The van der Waals surface area contributed by atoms with Gasteiger partial charge in [0.05, 0.1) is 11.1 Å². The fraction of sp³-hybridized carbons (Fsp3) is 0.368. The zero-order valence-electron chi connectivity index (χ0n) is 14.1. The molecule has 0 spiro atoms. The van der Waals surface area contributed by atoms with Crippen LogP contribution >= 0.6 is 0 Å². The molecule has 2 aromatic rings. The van der Waals surface area contributed by atoms with E-state index < -0.39 is 0 Å². The van der Waals surface area contributed by atoms with Gasteiger partial charge in [-0.15, -0.1) is 0 Å². The Morgan fingerprint density at radius 3 is 2.36 bits per heavy atom. The average Bonchev–Trinajstić information content (AvgIpc) is 2.68. The van der Waals surface area contributed by atoms with Gasteiger partial charge in [-0.2, -0.15) is 0 Å². The molecular formula is C19H22N4O2. The van der Waals surface area contributed by atoms with Crippen molar-refractivity contribution >= 4 is 11.8 Å². The fourth-order valence-electron chi connectivity index (χ4n) is 2.99. The SMILES string of the molecule is O=C(NCc1ccncc1)c1cncc(C(=O)NC2CCCCC2)c1. The molecule has 1 fully saturated rings. The third kappa shape index (κ3) is 4.86. The number of amides is 2. The van der Waals surface area contributed by atoms with Crippen LogP contribution in [0.1, 0.15) is 58.4 Å². The summed E-state index contributed by atoms with van der Waals surface area (Å²) < 4.78 is 0. The topological polar surface area (TPSA) is 84.0 Å². The largest absolute Gasteiger partial charge is 0.349 e. The van der Waals surface area contributed by atoms with E-state index in [0.29, 0.717) is 17.7 Å².